The molecule has 0 amide bonds. The third-order valence-corrected chi connectivity index (χ3v) is 3.14. The zero-order chi connectivity index (χ0) is 13.1. The maximum Gasteiger partial charge on any atom is 0.223 e. The molecule has 0 saturated carbocycles. The van der Waals surface area contributed by atoms with Gasteiger partial charge in [-0.1, -0.05) is 15.9 Å². The number of aromatic nitrogens is 1. The van der Waals surface area contributed by atoms with Crippen molar-refractivity contribution in [1.82, 2.24) is 4.98 Å². The number of rotatable bonds is 3. The van der Waals surface area contributed by atoms with Crippen LogP contribution in [-0.4, -0.2) is 4.98 Å². The van der Waals surface area contributed by atoms with Crippen LogP contribution in [0.15, 0.2) is 39.4 Å². The first-order valence-corrected chi connectivity index (χ1v) is 6.66. The number of hydrogen-bond donors (Lipinski definition) is 1. The first-order chi connectivity index (χ1) is 8.60. The Labute approximate surface area is 120 Å². The van der Waals surface area contributed by atoms with E-state index in [2.05, 4.69) is 36.8 Å². The van der Waals surface area contributed by atoms with E-state index in [4.69, 9.17) is 10.5 Å². The molecule has 0 spiro atoms. The second kappa shape index (κ2) is 5.77. The van der Waals surface area contributed by atoms with Crippen LogP contribution in [0.3, 0.4) is 0 Å². The summed E-state index contributed by atoms with van der Waals surface area (Å²) >= 11 is 6.55. The molecule has 0 atom stereocenters. The summed E-state index contributed by atoms with van der Waals surface area (Å²) in [6.45, 7) is 0.261. The maximum atomic E-state index is 13.6. The van der Waals surface area contributed by atoms with E-state index in [1.807, 2.05) is 0 Å². The molecule has 2 N–H and O–H groups in total. The minimum absolute atomic E-state index is 0.105. The minimum atomic E-state index is -0.453. The smallest absolute Gasteiger partial charge is 0.223 e. The van der Waals surface area contributed by atoms with Crippen LogP contribution < -0.4 is 10.5 Å². The van der Waals surface area contributed by atoms with Gasteiger partial charge in [0.25, 0.3) is 0 Å². The Morgan fingerprint density at radius 2 is 2.00 bits per heavy atom. The van der Waals surface area contributed by atoms with Crippen molar-refractivity contribution in [3.8, 4) is 11.6 Å². The predicted molar refractivity (Wildman–Crippen MR) is 74.0 cm³/mol. The highest BCUT2D eigenvalue weighted by Gasteiger charge is 2.10. The number of halogens is 3. The van der Waals surface area contributed by atoms with Crippen molar-refractivity contribution in [3.63, 3.8) is 0 Å². The molecule has 0 aliphatic carbocycles. The van der Waals surface area contributed by atoms with Gasteiger partial charge in [0, 0.05) is 27.3 Å². The van der Waals surface area contributed by atoms with E-state index in [9.17, 15) is 4.39 Å². The highest BCUT2D eigenvalue weighted by Crippen LogP contribution is 2.29. The molecule has 1 heterocycles. The number of nitrogens with zero attached hydrogens (tertiary/aromatic N) is 1. The predicted octanol–water partition coefficient (Wildman–Crippen LogP) is 4.00. The van der Waals surface area contributed by atoms with Gasteiger partial charge in [-0.05, 0) is 40.2 Å². The first kappa shape index (κ1) is 13.5. The average molecular weight is 376 g/mol. The molecule has 94 valence electrons. The van der Waals surface area contributed by atoms with Gasteiger partial charge < -0.3 is 10.5 Å². The zero-order valence-electron chi connectivity index (χ0n) is 9.16. The quantitative estimate of drug-likeness (QED) is 0.882. The second-order valence-corrected chi connectivity index (χ2v) is 5.33. The number of nitrogens with two attached hydrogens (primary N) is 1. The molecule has 3 nitrogen and oxygen atoms in total. The fraction of sp³-hybridized carbons (Fsp3) is 0.0833. The Bertz CT molecular complexity index is 578. The van der Waals surface area contributed by atoms with Gasteiger partial charge in [-0.15, -0.1) is 0 Å². The first-order valence-electron chi connectivity index (χ1n) is 5.07. The van der Waals surface area contributed by atoms with Gasteiger partial charge in [-0.2, -0.15) is 0 Å². The van der Waals surface area contributed by atoms with E-state index in [-0.39, 0.29) is 12.3 Å². The summed E-state index contributed by atoms with van der Waals surface area (Å²) in [7, 11) is 0. The van der Waals surface area contributed by atoms with Crippen LogP contribution >= 0.6 is 31.9 Å². The topological polar surface area (TPSA) is 48.1 Å². The van der Waals surface area contributed by atoms with Crippen molar-refractivity contribution < 1.29 is 9.13 Å². The minimum Gasteiger partial charge on any atom is -0.436 e. The Balaban J connectivity index is 2.36. The Morgan fingerprint density at radius 3 is 2.72 bits per heavy atom. The third-order valence-electron chi connectivity index (χ3n) is 2.21. The van der Waals surface area contributed by atoms with E-state index in [0.717, 1.165) is 8.95 Å². The molecule has 0 unspecified atom stereocenters. The summed E-state index contributed by atoms with van der Waals surface area (Å²) in [5.41, 5.74) is 6.30. The number of hydrogen-bond acceptors (Lipinski definition) is 3. The molecule has 0 radical (unpaired) electrons. The van der Waals surface area contributed by atoms with Crippen LogP contribution in [0.2, 0.25) is 0 Å². The lowest BCUT2D eigenvalue weighted by molar-refractivity contribution is 0.422. The second-order valence-electron chi connectivity index (χ2n) is 3.50. The number of ether oxygens (including phenoxy) is 1. The molecule has 0 aliphatic rings. The van der Waals surface area contributed by atoms with Crippen molar-refractivity contribution in [2.45, 2.75) is 6.54 Å². The zero-order valence-corrected chi connectivity index (χ0v) is 12.3. The lowest BCUT2D eigenvalue weighted by Gasteiger charge is -2.10. The fourth-order valence-corrected chi connectivity index (χ4v) is 2.09. The lowest BCUT2D eigenvalue weighted by Crippen LogP contribution is -2.02. The molecular formula is C12H9Br2FN2O. The molecular weight excluding hydrogens is 367 g/mol. The Morgan fingerprint density at radius 1 is 1.22 bits per heavy atom. The molecule has 0 fully saturated rings. The summed E-state index contributed by atoms with van der Waals surface area (Å²) in [6, 6.07) is 6.25. The SMILES string of the molecule is NCc1cc(Br)cnc1Oc1cc(Br)ccc1F. The summed E-state index contributed by atoms with van der Waals surface area (Å²) in [4.78, 5) is 4.08. The summed E-state index contributed by atoms with van der Waals surface area (Å²) in [5, 5.41) is 0. The third kappa shape index (κ3) is 3.07. The highest BCUT2D eigenvalue weighted by atomic mass is 79.9. The van der Waals surface area contributed by atoms with E-state index < -0.39 is 5.82 Å². The maximum absolute atomic E-state index is 13.6. The van der Waals surface area contributed by atoms with Crippen LogP contribution in [0.4, 0.5) is 4.39 Å². The van der Waals surface area contributed by atoms with Gasteiger partial charge in [0.05, 0.1) is 0 Å². The number of pyridine rings is 1. The average Bonchev–Trinajstić information content (AvgIpc) is 2.36. The van der Waals surface area contributed by atoms with Gasteiger partial charge in [0.2, 0.25) is 5.88 Å². The summed E-state index contributed by atoms with van der Waals surface area (Å²) < 4.78 is 20.5. The van der Waals surface area contributed by atoms with Gasteiger partial charge >= 0.3 is 0 Å². The van der Waals surface area contributed by atoms with E-state index >= 15 is 0 Å². The molecule has 0 bridgehead atoms. The number of benzene rings is 1. The van der Waals surface area contributed by atoms with Gasteiger partial charge in [0.15, 0.2) is 11.6 Å². The molecule has 0 saturated heterocycles. The van der Waals surface area contributed by atoms with Crippen LogP contribution in [0.5, 0.6) is 11.6 Å². The van der Waals surface area contributed by atoms with Gasteiger partial charge in [0.1, 0.15) is 0 Å². The molecule has 0 aliphatic heterocycles. The Hall–Kier alpha value is -0.980. The highest BCUT2D eigenvalue weighted by molar-refractivity contribution is 9.10. The monoisotopic (exact) mass is 374 g/mol. The van der Waals surface area contributed by atoms with Crippen molar-refractivity contribution in [3.05, 3.63) is 50.8 Å². The molecule has 1 aromatic carbocycles. The van der Waals surface area contributed by atoms with E-state index in [1.54, 1.807) is 24.4 Å². The molecule has 6 heteroatoms. The van der Waals surface area contributed by atoms with Gasteiger partial charge in [-0.25, -0.2) is 9.37 Å². The van der Waals surface area contributed by atoms with Crippen molar-refractivity contribution >= 4 is 31.9 Å². The molecule has 18 heavy (non-hydrogen) atoms. The van der Waals surface area contributed by atoms with Crippen LogP contribution in [0.25, 0.3) is 0 Å². The van der Waals surface area contributed by atoms with Crippen molar-refractivity contribution in [2.75, 3.05) is 0 Å². The summed E-state index contributed by atoms with van der Waals surface area (Å²) in [6.07, 6.45) is 1.57. The fourth-order valence-electron chi connectivity index (χ4n) is 1.37. The van der Waals surface area contributed by atoms with Crippen LogP contribution in [0, 0.1) is 5.82 Å². The van der Waals surface area contributed by atoms with E-state index in [1.165, 1.54) is 6.07 Å². The lowest BCUT2D eigenvalue weighted by atomic mass is 10.2. The van der Waals surface area contributed by atoms with Gasteiger partial charge in [-0.3, -0.25) is 0 Å². The largest absolute Gasteiger partial charge is 0.436 e. The van der Waals surface area contributed by atoms with Crippen molar-refractivity contribution in [2.24, 2.45) is 5.73 Å². The molecule has 1 aromatic heterocycles. The standard InChI is InChI=1S/C12H9Br2FN2O/c13-8-1-2-10(15)11(4-8)18-12-7(5-16)3-9(14)6-17-12/h1-4,6H,5,16H2. The van der Waals surface area contributed by atoms with Crippen molar-refractivity contribution in [1.29, 1.82) is 0 Å². The van der Waals surface area contributed by atoms with E-state index in [0.29, 0.717) is 11.4 Å². The normalized spacial score (nSPS) is 10.4. The van der Waals surface area contributed by atoms with Crippen LogP contribution in [-0.2, 0) is 6.54 Å². The molecule has 2 aromatic rings. The Kier molecular flexibility index (Phi) is 4.31. The summed E-state index contributed by atoms with van der Waals surface area (Å²) in [5.74, 6) is -0.0440. The van der Waals surface area contributed by atoms with Crippen LogP contribution in [0.1, 0.15) is 5.56 Å². The molecule has 2 rings (SSSR count).